The Bertz CT molecular complexity index is 1860. The van der Waals surface area contributed by atoms with Crippen LogP contribution in [0.25, 0.3) is 28.3 Å². The third kappa shape index (κ3) is 6.18. The number of fused-ring (bicyclic) bond motifs is 1. The number of aliphatic hydroxyl groups is 1. The van der Waals surface area contributed by atoms with Gasteiger partial charge in [-0.25, -0.2) is 15.0 Å². The normalized spacial score (nSPS) is 11.0. The van der Waals surface area contributed by atoms with Crippen molar-refractivity contribution in [3.63, 3.8) is 0 Å². The molecule has 0 atom stereocenters. The minimum Gasteiger partial charge on any atom is -0.493 e. The second-order valence-electron chi connectivity index (χ2n) is 10.1. The number of methoxy groups -OCH3 is 1. The van der Waals surface area contributed by atoms with Crippen LogP contribution in [0.5, 0.6) is 11.5 Å². The summed E-state index contributed by atoms with van der Waals surface area (Å²) in [5.41, 5.74) is 6.92. The molecule has 0 amide bonds. The van der Waals surface area contributed by atoms with Crippen LogP contribution in [0, 0.1) is 0 Å². The van der Waals surface area contributed by atoms with Gasteiger partial charge in [0.15, 0.2) is 11.5 Å². The molecule has 9 heteroatoms. The van der Waals surface area contributed by atoms with Gasteiger partial charge >= 0.3 is 0 Å². The molecule has 6 aromatic rings. The van der Waals surface area contributed by atoms with Crippen LogP contribution in [-0.2, 0) is 6.61 Å². The number of hydrogen-bond acceptors (Lipinski definition) is 8. The highest BCUT2D eigenvalue weighted by atomic mass is 16.5. The molecule has 0 aliphatic rings. The number of imidazole rings is 1. The number of anilines is 3. The van der Waals surface area contributed by atoms with E-state index in [9.17, 15) is 5.11 Å². The number of nitrogens with zero attached hydrogens (tertiary/aromatic N) is 5. The van der Waals surface area contributed by atoms with E-state index in [1.54, 1.807) is 13.3 Å². The molecule has 0 fully saturated rings. The highest BCUT2D eigenvalue weighted by Gasteiger charge is 2.19. The van der Waals surface area contributed by atoms with Crippen LogP contribution in [-0.4, -0.2) is 51.3 Å². The van der Waals surface area contributed by atoms with Gasteiger partial charge in [0, 0.05) is 42.4 Å². The highest BCUT2D eigenvalue weighted by molar-refractivity contribution is 5.82. The van der Waals surface area contributed by atoms with Gasteiger partial charge < -0.3 is 24.8 Å². The lowest BCUT2D eigenvalue weighted by atomic mass is 10.1. The standard InChI is InChI=1S/C35H34N6O3/c1-3-40(20-21-42)28-13-9-12-27(23-28)37-35-36-18-17-29(38-35)34-33(39-32-14-7-8-19-41(32)34)26-15-16-30(31(22-26)43-2)44-24-25-10-5-4-6-11-25/h4-19,22-23,42H,3,20-21,24H2,1-2H3,(H,36,37,38). The molecule has 0 bridgehead atoms. The van der Waals surface area contributed by atoms with Crippen molar-refractivity contribution in [3.05, 3.63) is 115 Å². The smallest absolute Gasteiger partial charge is 0.227 e. The molecule has 222 valence electrons. The number of likely N-dealkylation sites (N-methyl/N-ethyl adjacent to an activating group) is 1. The Balaban J connectivity index is 1.34. The van der Waals surface area contributed by atoms with E-state index >= 15 is 0 Å². The van der Waals surface area contributed by atoms with E-state index in [4.69, 9.17) is 19.4 Å². The summed E-state index contributed by atoms with van der Waals surface area (Å²) < 4.78 is 13.9. The molecule has 0 saturated carbocycles. The van der Waals surface area contributed by atoms with Gasteiger partial charge in [-0.2, -0.15) is 0 Å². The Labute approximate surface area is 256 Å². The second kappa shape index (κ2) is 13.3. The molecule has 0 saturated heterocycles. The Morgan fingerprint density at radius 2 is 1.75 bits per heavy atom. The molecule has 3 heterocycles. The predicted octanol–water partition coefficient (Wildman–Crippen LogP) is 6.61. The predicted molar refractivity (Wildman–Crippen MR) is 174 cm³/mol. The molecule has 9 nitrogen and oxygen atoms in total. The molecule has 0 radical (unpaired) electrons. The summed E-state index contributed by atoms with van der Waals surface area (Å²) in [5, 5.41) is 12.8. The summed E-state index contributed by atoms with van der Waals surface area (Å²) in [5.74, 6) is 1.74. The van der Waals surface area contributed by atoms with Crippen molar-refractivity contribution >= 4 is 23.0 Å². The maximum absolute atomic E-state index is 9.45. The zero-order valence-corrected chi connectivity index (χ0v) is 24.7. The zero-order chi connectivity index (χ0) is 30.3. The van der Waals surface area contributed by atoms with Crippen molar-refractivity contribution in [1.29, 1.82) is 0 Å². The number of rotatable bonds is 12. The number of ether oxygens (including phenoxy) is 2. The Morgan fingerprint density at radius 1 is 0.886 bits per heavy atom. The first-order valence-electron chi connectivity index (χ1n) is 14.6. The van der Waals surface area contributed by atoms with Crippen molar-refractivity contribution in [3.8, 4) is 34.1 Å². The highest BCUT2D eigenvalue weighted by Crippen LogP contribution is 2.37. The lowest BCUT2D eigenvalue weighted by Gasteiger charge is -2.22. The maximum atomic E-state index is 9.45. The van der Waals surface area contributed by atoms with Crippen LogP contribution in [0.3, 0.4) is 0 Å². The van der Waals surface area contributed by atoms with E-state index in [0.717, 1.165) is 46.1 Å². The summed E-state index contributed by atoms with van der Waals surface area (Å²) >= 11 is 0. The quantitative estimate of drug-likeness (QED) is 0.165. The second-order valence-corrected chi connectivity index (χ2v) is 10.1. The van der Waals surface area contributed by atoms with E-state index in [1.165, 1.54) is 0 Å². The average Bonchev–Trinajstić information content (AvgIpc) is 3.46. The van der Waals surface area contributed by atoms with Crippen LogP contribution in [0.4, 0.5) is 17.3 Å². The fourth-order valence-corrected chi connectivity index (χ4v) is 5.16. The molecule has 2 N–H and O–H groups in total. The fraction of sp³-hybridized carbons (Fsp3) is 0.171. The molecule has 0 aliphatic heterocycles. The Kier molecular flexibility index (Phi) is 8.65. The largest absolute Gasteiger partial charge is 0.493 e. The van der Waals surface area contributed by atoms with Crippen LogP contribution < -0.4 is 19.7 Å². The van der Waals surface area contributed by atoms with Crippen LogP contribution in [0.15, 0.2) is 109 Å². The average molecular weight is 587 g/mol. The van der Waals surface area contributed by atoms with Crippen molar-refractivity contribution in [2.75, 3.05) is 37.0 Å². The monoisotopic (exact) mass is 586 g/mol. The summed E-state index contributed by atoms with van der Waals surface area (Å²) in [7, 11) is 1.64. The molecule has 6 rings (SSSR count). The zero-order valence-electron chi connectivity index (χ0n) is 24.7. The molecular formula is C35H34N6O3. The molecule has 0 aliphatic carbocycles. The third-order valence-corrected chi connectivity index (χ3v) is 7.32. The minimum absolute atomic E-state index is 0.0909. The lowest BCUT2D eigenvalue weighted by Crippen LogP contribution is -2.26. The Morgan fingerprint density at radius 3 is 2.57 bits per heavy atom. The molecule has 0 unspecified atom stereocenters. The van der Waals surface area contributed by atoms with Gasteiger partial charge in [-0.1, -0.05) is 42.5 Å². The summed E-state index contributed by atoms with van der Waals surface area (Å²) in [6.07, 6.45) is 3.72. The van der Waals surface area contributed by atoms with Gasteiger partial charge in [0.2, 0.25) is 5.95 Å². The first-order valence-corrected chi connectivity index (χ1v) is 14.6. The van der Waals surface area contributed by atoms with Crippen molar-refractivity contribution in [2.24, 2.45) is 0 Å². The first-order chi connectivity index (χ1) is 21.7. The van der Waals surface area contributed by atoms with Gasteiger partial charge in [0.25, 0.3) is 0 Å². The molecule has 3 aromatic carbocycles. The number of aliphatic hydroxyl groups excluding tert-OH is 1. The van der Waals surface area contributed by atoms with Crippen molar-refractivity contribution in [2.45, 2.75) is 13.5 Å². The number of aromatic nitrogens is 4. The number of nitrogens with one attached hydrogen (secondary N) is 1. The summed E-state index contributed by atoms with van der Waals surface area (Å²) in [6, 6.07) is 31.7. The number of benzene rings is 3. The SMILES string of the molecule is CCN(CCO)c1cccc(Nc2nccc(-c3c(-c4ccc(OCc5ccccc5)c(OC)c4)nc4ccccn34)n2)c1. The van der Waals surface area contributed by atoms with Crippen LogP contribution in [0.2, 0.25) is 0 Å². The molecular weight excluding hydrogens is 552 g/mol. The van der Waals surface area contributed by atoms with Gasteiger partial charge in [-0.15, -0.1) is 0 Å². The third-order valence-electron chi connectivity index (χ3n) is 7.32. The summed E-state index contributed by atoms with van der Waals surface area (Å²) in [6.45, 7) is 3.95. The molecule has 3 aromatic heterocycles. The van der Waals surface area contributed by atoms with Gasteiger partial charge in [0.1, 0.15) is 12.3 Å². The van der Waals surface area contributed by atoms with Crippen molar-refractivity contribution < 1.29 is 14.6 Å². The van der Waals surface area contributed by atoms with Gasteiger partial charge in [-0.3, -0.25) is 4.40 Å². The topological polar surface area (TPSA) is 97.0 Å². The van der Waals surface area contributed by atoms with Crippen LogP contribution in [0.1, 0.15) is 12.5 Å². The van der Waals surface area contributed by atoms with E-state index < -0.39 is 0 Å². The van der Waals surface area contributed by atoms with E-state index in [0.29, 0.717) is 36.3 Å². The van der Waals surface area contributed by atoms with Gasteiger partial charge in [-0.05, 0) is 67.1 Å². The number of hydrogen-bond donors (Lipinski definition) is 2. The minimum atomic E-state index is 0.0909. The first kappa shape index (κ1) is 28.7. The molecule has 0 spiro atoms. The van der Waals surface area contributed by atoms with Crippen LogP contribution >= 0.6 is 0 Å². The maximum Gasteiger partial charge on any atom is 0.227 e. The van der Waals surface area contributed by atoms with E-state index in [-0.39, 0.29) is 6.61 Å². The summed E-state index contributed by atoms with van der Waals surface area (Å²) in [4.78, 5) is 16.5. The van der Waals surface area contributed by atoms with Crippen molar-refractivity contribution in [1.82, 2.24) is 19.4 Å². The van der Waals surface area contributed by atoms with E-state index in [2.05, 4.69) is 22.1 Å². The lowest BCUT2D eigenvalue weighted by molar-refractivity contribution is 0.284. The van der Waals surface area contributed by atoms with E-state index in [1.807, 2.05) is 108 Å². The Hall–Kier alpha value is -5.41. The number of pyridine rings is 1. The fourth-order valence-electron chi connectivity index (χ4n) is 5.16. The van der Waals surface area contributed by atoms with Gasteiger partial charge in [0.05, 0.1) is 30.8 Å². The molecule has 44 heavy (non-hydrogen) atoms.